The van der Waals surface area contributed by atoms with E-state index in [1.807, 2.05) is 6.07 Å². The molecule has 1 amide bonds. The van der Waals surface area contributed by atoms with Crippen LogP contribution in [0.25, 0.3) is 5.57 Å². The molecule has 1 aromatic rings. The molecule has 22 heavy (non-hydrogen) atoms. The van der Waals surface area contributed by atoms with Crippen LogP contribution >= 0.6 is 0 Å². The molecule has 1 atom stereocenters. The minimum atomic E-state index is 0.104. The van der Waals surface area contributed by atoms with Crippen LogP contribution in [0.5, 0.6) is 0 Å². The number of rotatable bonds is 5. The summed E-state index contributed by atoms with van der Waals surface area (Å²) in [5.74, 6) is 0.104. The molecular weight excluding hydrogens is 276 g/mol. The standard InChI is InChI=1S/C18H24N2O2/c21-18(19-13-17-7-4-12-22-17)14-20-10-8-16(9-11-20)15-5-2-1-3-6-15/h1-3,5-6,8,17H,4,7,9-14H2,(H,19,21)/t17-/m1/s1. The van der Waals surface area contributed by atoms with Gasteiger partial charge in [0.25, 0.3) is 0 Å². The molecule has 1 aromatic carbocycles. The average molecular weight is 300 g/mol. The fourth-order valence-electron chi connectivity index (χ4n) is 3.06. The highest BCUT2D eigenvalue weighted by Gasteiger charge is 2.18. The Morgan fingerprint density at radius 1 is 1.32 bits per heavy atom. The second-order valence-electron chi connectivity index (χ2n) is 6.02. The molecule has 3 rings (SSSR count). The molecule has 4 nitrogen and oxygen atoms in total. The van der Waals surface area contributed by atoms with Gasteiger partial charge in [-0.05, 0) is 30.4 Å². The lowest BCUT2D eigenvalue weighted by molar-refractivity contribution is -0.122. The van der Waals surface area contributed by atoms with Crippen LogP contribution in [-0.4, -0.2) is 49.7 Å². The summed E-state index contributed by atoms with van der Waals surface area (Å²) < 4.78 is 5.52. The predicted octanol–water partition coefficient (Wildman–Crippen LogP) is 2.07. The van der Waals surface area contributed by atoms with E-state index in [-0.39, 0.29) is 12.0 Å². The van der Waals surface area contributed by atoms with Gasteiger partial charge in [-0.25, -0.2) is 0 Å². The first kappa shape index (κ1) is 15.3. The average Bonchev–Trinajstić information content (AvgIpc) is 3.08. The van der Waals surface area contributed by atoms with E-state index in [1.165, 1.54) is 11.1 Å². The van der Waals surface area contributed by atoms with E-state index in [0.29, 0.717) is 13.1 Å². The number of benzene rings is 1. The Kier molecular flexibility index (Phi) is 5.24. The number of carbonyl (C=O) groups is 1. The van der Waals surface area contributed by atoms with Crippen LogP contribution in [0.15, 0.2) is 36.4 Å². The van der Waals surface area contributed by atoms with Gasteiger partial charge in [-0.2, -0.15) is 0 Å². The van der Waals surface area contributed by atoms with Crippen LogP contribution in [0, 0.1) is 0 Å². The minimum absolute atomic E-state index is 0.104. The van der Waals surface area contributed by atoms with E-state index < -0.39 is 0 Å². The van der Waals surface area contributed by atoms with Crippen molar-refractivity contribution in [2.75, 3.05) is 32.8 Å². The molecule has 2 heterocycles. The van der Waals surface area contributed by atoms with Crippen molar-refractivity contribution in [1.82, 2.24) is 10.2 Å². The van der Waals surface area contributed by atoms with Gasteiger partial charge in [0, 0.05) is 26.2 Å². The first-order valence-electron chi connectivity index (χ1n) is 8.16. The van der Waals surface area contributed by atoms with Crippen molar-refractivity contribution in [3.05, 3.63) is 42.0 Å². The van der Waals surface area contributed by atoms with Crippen molar-refractivity contribution in [3.8, 4) is 0 Å². The molecule has 118 valence electrons. The van der Waals surface area contributed by atoms with Crippen molar-refractivity contribution in [2.24, 2.45) is 0 Å². The Bertz CT molecular complexity index is 521. The molecule has 0 saturated carbocycles. The first-order chi connectivity index (χ1) is 10.8. The van der Waals surface area contributed by atoms with Gasteiger partial charge in [-0.15, -0.1) is 0 Å². The molecule has 0 bridgehead atoms. The zero-order chi connectivity index (χ0) is 15.2. The van der Waals surface area contributed by atoms with E-state index in [2.05, 4.69) is 40.6 Å². The maximum absolute atomic E-state index is 12.0. The third-order valence-corrected chi connectivity index (χ3v) is 4.36. The highest BCUT2D eigenvalue weighted by Crippen LogP contribution is 2.21. The van der Waals surface area contributed by atoms with Gasteiger partial charge in [0.2, 0.25) is 5.91 Å². The van der Waals surface area contributed by atoms with Crippen LogP contribution < -0.4 is 5.32 Å². The lowest BCUT2D eigenvalue weighted by Gasteiger charge is -2.26. The number of amides is 1. The Morgan fingerprint density at radius 3 is 2.86 bits per heavy atom. The quantitative estimate of drug-likeness (QED) is 0.905. The lowest BCUT2D eigenvalue weighted by Crippen LogP contribution is -2.41. The molecule has 0 spiro atoms. The molecule has 0 unspecified atom stereocenters. The van der Waals surface area contributed by atoms with Gasteiger partial charge < -0.3 is 10.1 Å². The van der Waals surface area contributed by atoms with Gasteiger partial charge in [0.1, 0.15) is 0 Å². The maximum Gasteiger partial charge on any atom is 0.234 e. The van der Waals surface area contributed by atoms with Crippen LogP contribution in [0.3, 0.4) is 0 Å². The van der Waals surface area contributed by atoms with Crippen LogP contribution in [0.4, 0.5) is 0 Å². The second kappa shape index (κ2) is 7.56. The smallest absolute Gasteiger partial charge is 0.234 e. The zero-order valence-corrected chi connectivity index (χ0v) is 13.0. The molecule has 0 radical (unpaired) electrons. The summed E-state index contributed by atoms with van der Waals surface area (Å²) in [5.41, 5.74) is 2.68. The summed E-state index contributed by atoms with van der Waals surface area (Å²) in [4.78, 5) is 14.2. The number of ether oxygens (including phenoxy) is 1. The van der Waals surface area contributed by atoms with E-state index in [1.54, 1.807) is 0 Å². The van der Waals surface area contributed by atoms with E-state index in [4.69, 9.17) is 4.74 Å². The van der Waals surface area contributed by atoms with Gasteiger partial charge in [-0.1, -0.05) is 36.4 Å². The largest absolute Gasteiger partial charge is 0.376 e. The first-order valence-corrected chi connectivity index (χ1v) is 8.16. The highest BCUT2D eigenvalue weighted by atomic mass is 16.5. The third-order valence-electron chi connectivity index (χ3n) is 4.36. The molecule has 0 aromatic heterocycles. The van der Waals surface area contributed by atoms with Crippen molar-refractivity contribution in [1.29, 1.82) is 0 Å². The fourth-order valence-corrected chi connectivity index (χ4v) is 3.06. The number of nitrogens with one attached hydrogen (secondary N) is 1. The summed E-state index contributed by atoms with van der Waals surface area (Å²) in [6, 6.07) is 10.5. The molecule has 4 heteroatoms. The molecular formula is C18H24N2O2. The maximum atomic E-state index is 12.0. The molecule has 1 saturated heterocycles. The molecule has 0 aliphatic carbocycles. The number of hydrogen-bond acceptors (Lipinski definition) is 3. The van der Waals surface area contributed by atoms with Gasteiger partial charge in [0.05, 0.1) is 12.6 Å². The molecule has 1 fully saturated rings. The highest BCUT2D eigenvalue weighted by molar-refractivity contribution is 5.78. The summed E-state index contributed by atoms with van der Waals surface area (Å²) >= 11 is 0. The van der Waals surface area contributed by atoms with E-state index >= 15 is 0 Å². The molecule has 1 N–H and O–H groups in total. The van der Waals surface area contributed by atoms with Crippen LogP contribution in [-0.2, 0) is 9.53 Å². The Hall–Kier alpha value is -1.65. The van der Waals surface area contributed by atoms with Crippen molar-refractivity contribution >= 4 is 11.5 Å². The lowest BCUT2D eigenvalue weighted by atomic mass is 10.00. The Labute approximate surface area is 132 Å². The van der Waals surface area contributed by atoms with Crippen molar-refractivity contribution < 1.29 is 9.53 Å². The third kappa shape index (κ3) is 4.18. The monoisotopic (exact) mass is 300 g/mol. The normalized spacial score (nSPS) is 22.4. The second-order valence-corrected chi connectivity index (χ2v) is 6.02. The van der Waals surface area contributed by atoms with E-state index in [9.17, 15) is 4.79 Å². The number of hydrogen-bond donors (Lipinski definition) is 1. The zero-order valence-electron chi connectivity index (χ0n) is 13.0. The topological polar surface area (TPSA) is 41.6 Å². The molecule has 2 aliphatic rings. The van der Waals surface area contributed by atoms with Gasteiger partial charge >= 0.3 is 0 Å². The molecule has 2 aliphatic heterocycles. The Balaban J connectivity index is 1.43. The summed E-state index contributed by atoms with van der Waals surface area (Å²) in [6.45, 7) is 3.74. The summed E-state index contributed by atoms with van der Waals surface area (Å²) in [6.07, 6.45) is 5.64. The number of nitrogens with zero attached hydrogens (tertiary/aromatic N) is 1. The van der Waals surface area contributed by atoms with Gasteiger partial charge in [-0.3, -0.25) is 9.69 Å². The summed E-state index contributed by atoms with van der Waals surface area (Å²) in [5, 5.41) is 2.99. The Morgan fingerprint density at radius 2 is 2.18 bits per heavy atom. The van der Waals surface area contributed by atoms with Crippen LogP contribution in [0.2, 0.25) is 0 Å². The van der Waals surface area contributed by atoms with Crippen molar-refractivity contribution in [2.45, 2.75) is 25.4 Å². The van der Waals surface area contributed by atoms with Crippen molar-refractivity contribution in [3.63, 3.8) is 0 Å². The SMILES string of the molecule is O=C(CN1CC=C(c2ccccc2)CC1)NC[C@H]1CCCO1. The van der Waals surface area contributed by atoms with Crippen LogP contribution in [0.1, 0.15) is 24.8 Å². The van der Waals surface area contributed by atoms with Gasteiger partial charge in [0.15, 0.2) is 0 Å². The predicted molar refractivity (Wildman–Crippen MR) is 87.5 cm³/mol. The van der Waals surface area contributed by atoms with E-state index in [0.717, 1.165) is 39.0 Å². The minimum Gasteiger partial charge on any atom is -0.376 e. The number of carbonyl (C=O) groups excluding carboxylic acids is 1. The summed E-state index contributed by atoms with van der Waals surface area (Å²) in [7, 11) is 0. The fraction of sp³-hybridized carbons (Fsp3) is 0.500.